The van der Waals surface area contributed by atoms with Gasteiger partial charge in [0.15, 0.2) is 11.5 Å². The molecule has 4 aromatic rings. The SMILES string of the molecule is Cn1c(-c2cc3cccnc3n2CC2CC2)nc2cc3c(nc21)CCN(C[C@H](N)CF)C3=O. The lowest BCUT2D eigenvalue weighted by Gasteiger charge is -2.29. The van der Waals surface area contributed by atoms with E-state index >= 15 is 0 Å². The molecule has 6 rings (SSSR count). The standard InChI is InChI=1S/C24H26FN7O/c1-30-22-19(10-17-18(28-22)6-8-31(24(17)33)13-16(26)11-25)29-23(30)20-9-15-3-2-7-27-21(15)32(20)12-14-4-5-14/h2-3,7,9-10,14,16H,4-6,8,11-13,26H2,1H3/t16-/m1/s1. The van der Waals surface area contributed by atoms with Gasteiger partial charge in [-0.1, -0.05) is 0 Å². The molecule has 0 spiro atoms. The van der Waals surface area contributed by atoms with Crippen molar-refractivity contribution in [2.24, 2.45) is 18.7 Å². The van der Waals surface area contributed by atoms with E-state index in [9.17, 15) is 9.18 Å². The predicted octanol–water partition coefficient (Wildman–Crippen LogP) is 2.69. The van der Waals surface area contributed by atoms with Crippen molar-refractivity contribution in [2.45, 2.75) is 31.8 Å². The fourth-order valence-electron chi connectivity index (χ4n) is 4.79. The number of halogens is 1. The summed E-state index contributed by atoms with van der Waals surface area (Å²) in [6, 6.07) is 7.31. The minimum absolute atomic E-state index is 0.159. The van der Waals surface area contributed by atoms with Crippen LogP contribution in [0, 0.1) is 5.92 Å². The van der Waals surface area contributed by atoms with Gasteiger partial charge in [-0.05, 0) is 43.0 Å². The molecule has 1 saturated carbocycles. The maximum Gasteiger partial charge on any atom is 0.255 e. The van der Waals surface area contributed by atoms with Crippen LogP contribution in [0.2, 0.25) is 0 Å². The minimum Gasteiger partial charge on any atom is -0.337 e. The summed E-state index contributed by atoms with van der Waals surface area (Å²) in [4.78, 5) is 29.0. The minimum atomic E-state index is -0.671. The average Bonchev–Trinajstić information content (AvgIpc) is 3.50. The third-order valence-electron chi connectivity index (χ3n) is 6.74. The third-order valence-corrected chi connectivity index (χ3v) is 6.74. The van der Waals surface area contributed by atoms with Crippen LogP contribution in [0.4, 0.5) is 4.39 Å². The molecule has 0 bridgehead atoms. The number of alkyl halides is 1. The van der Waals surface area contributed by atoms with E-state index in [-0.39, 0.29) is 12.5 Å². The van der Waals surface area contributed by atoms with E-state index in [4.69, 9.17) is 15.7 Å². The topological polar surface area (TPSA) is 94.9 Å². The van der Waals surface area contributed by atoms with Crippen LogP contribution in [0.25, 0.3) is 33.7 Å². The largest absolute Gasteiger partial charge is 0.337 e. The molecule has 1 fully saturated rings. The van der Waals surface area contributed by atoms with Crippen molar-refractivity contribution in [2.75, 3.05) is 19.8 Å². The summed E-state index contributed by atoms with van der Waals surface area (Å²) in [6.07, 6.45) is 4.93. The predicted molar refractivity (Wildman–Crippen MR) is 124 cm³/mol. The Hall–Kier alpha value is -3.33. The summed E-state index contributed by atoms with van der Waals surface area (Å²) in [5, 5.41) is 1.09. The highest BCUT2D eigenvalue weighted by Crippen LogP contribution is 2.36. The van der Waals surface area contributed by atoms with E-state index in [2.05, 4.69) is 21.7 Å². The molecule has 4 aromatic heterocycles. The summed E-state index contributed by atoms with van der Waals surface area (Å²) in [5.41, 5.74) is 10.4. The van der Waals surface area contributed by atoms with Crippen molar-refractivity contribution in [3.63, 3.8) is 0 Å². The summed E-state index contributed by atoms with van der Waals surface area (Å²) >= 11 is 0. The number of aryl methyl sites for hydroxylation is 1. The highest BCUT2D eigenvalue weighted by atomic mass is 19.1. The Morgan fingerprint density at radius 3 is 2.88 bits per heavy atom. The Balaban J connectivity index is 1.45. The average molecular weight is 448 g/mol. The van der Waals surface area contributed by atoms with E-state index in [1.54, 1.807) is 4.90 Å². The van der Waals surface area contributed by atoms with Crippen molar-refractivity contribution < 1.29 is 9.18 Å². The molecule has 33 heavy (non-hydrogen) atoms. The van der Waals surface area contributed by atoms with Crippen LogP contribution in [0.15, 0.2) is 30.5 Å². The van der Waals surface area contributed by atoms with Gasteiger partial charge in [0.1, 0.15) is 17.8 Å². The van der Waals surface area contributed by atoms with Gasteiger partial charge in [-0.15, -0.1) is 0 Å². The zero-order valence-electron chi connectivity index (χ0n) is 18.5. The van der Waals surface area contributed by atoms with Gasteiger partial charge in [0.2, 0.25) is 0 Å². The van der Waals surface area contributed by atoms with Crippen LogP contribution in [-0.4, -0.2) is 60.7 Å². The van der Waals surface area contributed by atoms with Crippen molar-refractivity contribution in [3.8, 4) is 11.5 Å². The molecule has 5 heterocycles. The molecule has 8 nitrogen and oxygen atoms in total. The number of hydrogen-bond donors (Lipinski definition) is 1. The van der Waals surface area contributed by atoms with Crippen LogP contribution >= 0.6 is 0 Å². The van der Waals surface area contributed by atoms with Crippen molar-refractivity contribution in [1.82, 2.24) is 29.0 Å². The lowest BCUT2D eigenvalue weighted by molar-refractivity contribution is 0.0723. The Morgan fingerprint density at radius 1 is 1.24 bits per heavy atom. The number of pyridine rings is 2. The summed E-state index contributed by atoms with van der Waals surface area (Å²) < 4.78 is 17.1. The maximum atomic E-state index is 13.0. The quantitative estimate of drug-likeness (QED) is 0.490. The molecule has 0 radical (unpaired) electrons. The molecular formula is C24H26FN7O. The van der Waals surface area contributed by atoms with Gasteiger partial charge in [0, 0.05) is 44.7 Å². The van der Waals surface area contributed by atoms with Crippen LogP contribution in [0.1, 0.15) is 28.9 Å². The second kappa shape index (κ2) is 7.62. The van der Waals surface area contributed by atoms with E-state index in [1.807, 2.05) is 29.9 Å². The Labute approximate surface area is 190 Å². The molecule has 0 aromatic carbocycles. The monoisotopic (exact) mass is 447 g/mol. The van der Waals surface area contributed by atoms with Gasteiger partial charge in [0.25, 0.3) is 5.91 Å². The van der Waals surface area contributed by atoms with Gasteiger partial charge in [-0.3, -0.25) is 4.79 Å². The Morgan fingerprint density at radius 2 is 2.09 bits per heavy atom. The number of amides is 1. The van der Waals surface area contributed by atoms with Crippen molar-refractivity contribution >= 4 is 28.1 Å². The first-order valence-electron chi connectivity index (χ1n) is 11.4. The maximum absolute atomic E-state index is 13.0. The fourth-order valence-corrected chi connectivity index (χ4v) is 4.79. The first kappa shape index (κ1) is 20.3. The van der Waals surface area contributed by atoms with Crippen molar-refractivity contribution in [3.05, 3.63) is 41.7 Å². The van der Waals surface area contributed by atoms with Crippen LogP contribution in [0.5, 0.6) is 0 Å². The summed E-state index contributed by atoms with van der Waals surface area (Å²) in [6.45, 7) is 0.963. The van der Waals surface area contributed by atoms with Gasteiger partial charge in [-0.25, -0.2) is 19.3 Å². The molecule has 2 N–H and O–H groups in total. The smallest absolute Gasteiger partial charge is 0.255 e. The van der Waals surface area contributed by atoms with E-state index in [0.717, 1.165) is 40.4 Å². The number of nitrogens with zero attached hydrogens (tertiary/aromatic N) is 6. The third kappa shape index (κ3) is 3.38. The normalized spacial score (nSPS) is 17.2. The number of rotatable bonds is 6. The van der Waals surface area contributed by atoms with Crippen LogP contribution in [-0.2, 0) is 20.0 Å². The zero-order valence-corrected chi connectivity index (χ0v) is 18.5. The molecule has 9 heteroatoms. The van der Waals surface area contributed by atoms with Gasteiger partial charge in [-0.2, -0.15) is 0 Å². The number of imidazole rings is 1. The first-order valence-corrected chi connectivity index (χ1v) is 11.4. The molecule has 0 unspecified atom stereocenters. The summed E-state index contributed by atoms with van der Waals surface area (Å²) in [7, 11) is 1.97. The Bertz CT molecular complexity index is 1390. The van der Waals surface area contributed by atoms with Crippen LogP contribution in [0.3, 0.4) is 0 Å². The van der Waals surface area contributed by atoms with E-state index in [1.165, 1.54) is 12.8 Å². The first-order chi connectivity index (χ1) is 16.0. The number of carbonyl (C=O) groups excluding carboxylic acids is 1. The van der Waals surface area contributed by atoms with Crippen LogP contribution < -0.4 is 5.73 Å². The lowest BCUT2D eigenvalue weighted by atomic mass is 10.0. The lowest BCUT2D eigenvalue weighted by Crippen LogP contribution is -2.45. The number of carbonyl (C=O) groups is 1. The highest BCUT2D eigenvalue weighted by Gasteiger charge is 2.29. The fraction of sp³-hybridized carbons (Fsp3) is 0.417. The molecule has 1 aliphatic carbocycles. The number of nitrogens with two attached hydrogens (primary N) is 1. The number of fused-ring (bicyclic) bond motifs is 3. The molecule has 1 atom stereocenters. The molecule has 1 amide bonds. The molecule has 2 aliphatic rings. The van der Waals surface area contributed by atoms with Gasteiger partial charge in [0.05, 0.1) is 23.0 Å². The van der Waals surface area contributed by atoms with Gasteiger partial charge < -0.3 is 19.8 Å². The Kier molecular flexibility index (Phi) is 4.69. The second-order valence-corrected chi connectivity index (χ2v) is 9.24. The van der Waals surface area contributed by atoms with E-state index in [0.29, 0.717) is 30.0 Å². The second-order valence-electron chi connectivity index (χ2n) is 9.24. The summed E-state index contributed by atoms with van der Waals surface area (Å²) in [5.74, 6) is 1.33. The van der Waals surface area contributed by atoms with E-state index < -0.39 is 12.7 Å². The zero-order chi connectivity index (χ0) is 22.7. The number of hydrogen-bond acceptors (Lipinski definition) is 5. The molecule has 1 aliphatic heterocycles. The highest BCUT2D eigenvalue weighted by molar-refractivity contribution is 5.99. The van der Waals surface area contributed by atoms with Gasteiger partial charge >= 0.3 is 0 Å². The number of aromatic nitrogens is 5. The molecule has 0 saturated heterocycles. The molecule has 170 valence electrons. The molecular weight excluding hydrogens is 421 g/mol. The van der Waals surface area contributed by atoms with Crippen molar-refractivity contribution in [1.29, 1.82) is 0 Å².